The standard InChI is InChI=1S/C31H42N2O2/c1-29-13-10-22(33(3)28(34)20-6-5-7-23(16-20)35-4)17-21(29)8-9-24-25(29)11-15-31-19-32(2)27-18-30(27,31)14-12-26(24)31/h5-8,16,22,24-27H,9-15,17-19H2,1-4H3/t22-,24+,25?,26-,27-,29-,30-,31+/m0/s1. The lowest BCUT2D eigenvalue weighted by atomic mass is 9.46. The first kappa shape index (κ1) is 22.4. The van der Waals surface area contributed by atoms with Crippen LogP contribution in [0.5, 0.6) is 5.75 Å². The number of allylic oxidation sites excluding steroid dienone is 1. The van der Waals surface area contributed by atoms with Crippen LogP contribution < -0.4 is 4.74 Å². The number of methoxy groups -OCH3 is 1. The van der Waals surface area contributed by atoms with Crippen molar-refractivity contribution in [2.24, 2.45) is 34.0 Å². The Balaban J connectivity index is 1.11. The summed E-state index contributed by atoms with van der Waals surface area (Å²) in [5, 5.41) is 0. The van der Waals surface area contributed by atoms with Crippen LogP contribution in [0.4, 0.5) is 0 Å². The van der Waals surface area contributed by atoms with Crippen LogP contribution in [0.1, 0.15) is 75.1 Å². The third-order valence-electron chi connectivity index (χ3n) is 12.5. The van der Waals surface area contributed by atoms with Crippen molar-refractivity contribution in [1.82, 2.24) is 9.80 Å². The van der Waals surface area contributed by atoms with Crippen LogP contribution >= 0.6 is 0 Å². The van der Waals surface area contributed by atoms with Crippen molar-refractivity contribution >= 4 is 5.91 Å². The molecule has 1 heterocycles. The molecule has 35 heavy (non-hydrogen) atoms. The lowest BCUT2D eigenvalue weighted by Gasteiger charge is -2.59. The molecule has 0 radical (unpaired) electrons. The van der Waals surface area contributed by atoms with Crippen molar-refractivity contribution in [3.63, 3.8) is 0 Å². The summed E-state index contributed by atoms with van der Waals surface area (Å²) in [6.07, 6.45) is 14.7. The SMILES string of the molecule is COc1cccc(C(=O)N(C)[C@H]2CC[C@@]3(C)C(=CC[C@@H]4C3CC[C@]35CN(C)[C@H]6C[C@@]63CC[C@@H]45)C2)c1. The first-order valence-corrected chi connectivity index (χ1v) is 14.1. The molecular weight excluding hydrogens is 432 g/mol. The average Bonchev–Trinajstić information content (AvgIpc) is 3.46. The molecule has 1 unspecified atom stereocenters. The number of amides is 1. The maximum absolute atomic E-state index is 13.3. The zero-order valence-electron chi connectivity index (χ0n) is 22.1. The summed E-state index contributed by atoms with van der Waals surface area (Å²) in [5.74, 6) is 3.54. The maximum Gasteiger partial charge on any atom is 0.253 e. The van der Waals surface area contributed by atoms with Crippen molar-refractivity contribution < 1.29 is 9.53 Å². The Morgan fingerprint density at radius 1 is 1.11 bits per heavy atom. The number of fused-ring (bicyclic) bond motifs is 4. The van der Waals surface area contributed by atoms with Crippen molar-refractivity contribution in [2.75, 3.05) is 27.7 Å². The third kappa shape index (κ3) is 2.81. The Morgan fingerprint density at radius 2 is 1.91 bits per heavy atom. The van der Waals surface area contributed by atoms with E-state index < -0.39 is 0 Å². The van der Waals surface area contributed by atoms with Gasteiger partial charge in [0.15, 0.2) is 0 Å². The minimum atomic E-state index is 0.118. The number of piperidine rings is 1. The Morgan fingerprint density at radius 3 is 2.71 bits per heavy atom. The molecule has 6 aliphatic rings. The normalized spacial score (nSPS) is 45.4. The Labute approximate surface area is 211 Å². The van der Waals surface area contributed by atoms with E-state index in [2.05, 4.69) is 24.9 Å². The molecule has 1 aliphatic heterocycles. The second kappa shape index (κ2) is 7.37. The lowest BCUT2D eigenvalue weighted by Crippen LogP contribution is -2.53. The minimum absolute atomic E-state index is 0.118. The van der Waals surface area contributed by atoms with Gasteiger partial charge in [-0.05, 0) is 117 Å². The molecule has 1 saturated heterocycles. The van der Waals surface area contributed by atoms with E-state index in [1.54, 1.807) is 12.7 Å². The first-order valence-electron chi connectivity index (χ1n) is 14.1. The van der Waals surface area contributed by atoms with Crippen molar-refractivity contribution in [3.05, 3.63) is 41.5 Å². The van der Waals surface area contributed by atoms with Crippen molar-refractivity contribution in [3.8, 4) is 5.75 Å². The summed E-state index contributed by atoms with van der Waals surface area (Å²) >= 11 is 0. The number of hydrogen-bond donors (Lipinski definition) is 0. The summed E-state index contributed by atoms with van der Waals surface area (Å²) in [4.78, 5) is 18.1. The highest BCUT2D eigenvalue weighted by molar-refractivity contribution is 5.94. The summed E-state index contributed by atoms with van der Waals surface area (Å²) in [6.45, 7) is 3.97. The number of hydrogen-bond acceptors (Lipinski definition) is 3. The van der Waals surface area contributed by atoms with E-state index in [9.17, 15) is 4.79 Å². The molecule has 8 atom stereocenters. The molecular formula is C31H42N2O2. The smallest absolute Gasteiger partial charge is 0.253 e. The van der Waals surface area contributed by atoms with Crippen molar-refractivity contribution in [1.29, 1.82) is 0 Å². The summed E-state index contributed by atoms with van der Waals surface area (Å²) in [5.41, 5.74) is 4.06. The number of ether oxygens (including phenoxy) is 1. The fourth-order valence-corrected chi connectivity index (χ4v) is 10.7. The monoisotopic (exact) mass is 474 g/mol. The second-order valence-electron chi connectivity index (χ2n) is 13.3. The van der Waals surface area contributed by atoms with E-state index in [0.717, 1.165) is 48.0 Å². The number of carbonyl (C=O) groups excluding carboxylic acids is 1. The van der Waals surface area contributed by atoms with Gasteiger partial charge in [0.2, 0.25) is 0 Å². The first-order chi connectivity index (χ1) is 16.8. The predicted molar refractivity (Wildman–Crippen MR) is 138 cm³/mol. The predicted octanol–water partition coefficient (Wildman–Crippen LogP) is 5.78. The highest BCUT2D eigenvalue weighted by Crippen LogP contribution is 2.80. The van der Waals surface area contributed by atoms with Crippen LogP contribution in [0.2, 0.25) is 0 Å². The van der Waals surface area contributed by atoms with Gasteiger partial charge in [0, 0.05) is 31.2 Å². The molecule has 4 nitrogen and oxygen atoms in total. The molecule has 7 rings (SSSR count). The van der Waals surface area contributed by atoms with Gasteiger partial charge in [-0.25, -0.2) is 0 Å². The zero-order chi connectivity index (χ0) is 24.2. The Bertz CT molecular complexity index is 1100. The molecule has 0 bridgehead atoms. The highest BCUT2D eigenvalue weighted by Gasteiger charge is 2.78. The minimum Gasteiger partial charge on any atom is -0.497 e. The van der Waals surface area contributed by atoms with E-state index in [1.807, 2.05) is 36.2 Å². The Kier molecular flexibility index (Phi) is 4.71. The van der Waals surface area contributed by atoms with E-state index in [4.69, 9.17) is 4.74 Å². The molecule has 4 saturated carbocycles. The molecule has 5 aliphatic carbocycles. The second-order valence-corrected chi connectivity index (χ2v) is 13.3. The van der Waals surface area contributed by atoms with E-state index in [-0.39, 0.29) is 5.91 Å². The quantitative estimate of drug-likeness (QED) is 0.521. The largest absolute Gasteiger partial charge is 0.497 e. The zero-order valence-corrected chi connectivity index (χ0v) is 22.1. The van der Waals surface area contributed by atoms with Crippen molar-refractivity contribution in [2.45, 2.75) is 76.8 Å². The van der Waals surface area contributed by atoms with Crippen LogP contribution in [-0.4, -0.2) is 55.5 Å². The molecule has 4 heteroatoms. The molecule has 1 aromatic rings. The third-order valence-corrected chi connectivity index (χ3v) is 12.5. The number of benzene rings is 1. The van der Waals surface area contributed by atoms with Crippen LogP contribution in [0.15, 0.2) is 35.9 Å². The molecule has 1 aromatic carbocycles. The summed E-state index contributed by atoms with van der Waals surface area (Å²) in [6, 6.07) is 8.80. The number of carbonyl (C=O) groups is 1. The lowest BCUT2D eigenvalue weighted by molar-refractivity contribution is -0.0538. The summed E-state index contributed by atoms with van der Waals surface area (Å²) in [7, 11) is 6.07. The fourth-order valence-electron chi connectivity index (χ4n) is 10.7. The molecule has 188 valence electrons. The number of rotatable bonds is 3. The fraction of sp³-hybridized carbons (Fsp3) is 0.710. The molecule has 0 aromatic heterocycles. The number of nitrogens with zero attached hydrogens (tertiary/aromatic N) is 2. The molecule has 2 spiro atoms. The van der Waals surface area contributed by atoms with Crippen LogP contribution in [0.25, 0.3) is 0 Å². The average molecular weight is 475 g/mol. The molecule has 0 N–H and O–H groups in total. The molecule has 1 amide bonds. The highest BCUT2D eigenvalue weighted by atomic mass is 16.5. The van der Waals surface area contributed by atoms with Gasteiger partial charge in [-0.3, -0.25) is 4.79 Å². The Hall–Kier alpha value is -1.81. The van der Waals surface area contributed by atoms with Crippen LogP contribution in [-0.2, 0) is 0 Å². The topological polar surface area (TPSA) is 32.8 Å². The van der Waals surface area contributed by atoms with E-state index in [0.29, 0.717) is 22.3 Å². The molecule has 5 fully saturated rings. The van der Waals surface area contributed by atoms with E-state index in [1.165, 1.54) is 51.5 Å². The summed E-state index contributed by atoms with van der Waals surface area (Å²) < 4.78 is 5.35. The van der Waals surface area contributed by atoms with Gasteiger partial charge in [-0.2, -0.15) is 0 Å². The van der Waals surface area contributed by atoms with Gasteiger partial charge in [0.25, 0.3) is 5.91 Å². The van der Waals surface area contributed by atoms with Gasteiger partial charge < -0.3 is 14.5 Å². The van der Waals surface area contributed by atoms with Gasteiger partial charge in [0.05, 0.1) is 7.11 Å². The van der Waals surface area contributed by atoms with Crippen LogP contribution in [0, 0.1) is 34.0 Å². The van der Waals surface area contributed by atoms with E-state index >= 15 is 0 Å². The van der Waals surface area contributed by atoms with Crippen LogP contribution in [0.3, 0.4) is 0 Å². The maximum atomic E-state index is 13.3. The van der Waals surface area contributed by atoms with Gasteiger partial charge in [0.1, 0.15) is 5.75 Å². The number of likely N-dealkylation sites (tertiary alicyclic amines) is 1. The van der Waals surface area contributed by atoms with Gasteiger partial charge >= 0.3 is 0 Å². The van der Waals surface area contributed by atoms with Gasteiger partial charge in [-0.1, -0.05) is 24.6 Å². The van der Waals surface area contributed by atoms with Gasteiger partial charge in [-0.15, -0.1) is 0 Å².